The van der Waals surface area contributed by atoms with Crippen LogP contribution in [0.2, 0.25) is 0 Å². The highest BCUT2D eigenvalue weighted by Crippen LogP contribution is 2.67. The standard InChI is InChI=1S/C28H44N2O2/c1-17(2)16-25(31)29-24-13-15-28(5)22-12-14-27(4)20(18(3)30(6)7)10-11-21(27)19(22)8-9-23(28)26(24)32/h13,16,18-23H,8-12,14-15H2,1-7H3,(H,29,31)/t18-,19-,20+,21-,22-,23?,27+,28+/m0/s1. The number of carbonyl (C=O) groups excluding carboxylic acids is 2. The van der Waals surface area contributed by atoms with Crippen LogP contribution in [-0.4, -0.2) is 36.7 Å². The molecule has 1 amide bonds. The topological polar surface area (TPSA) is 49.4 Å². The zero-order valence-electron chi connectivity index (χ0n) is 21.3. The molecule has 0 radical (unpaired) electrons. The summed E-state index contributed by atoms with van der Waals surface area (Å²) >= 11 is 0. The van der Waals surface area contributed by atoms with Crippen LogP contribution < -0.4 is 5.32 Å². The third kappa shape index (κ3) is 3.71. The van der Waals surface area contributed by atoms with Crippen molar-refractivity contribution < 1.29 is 9.59 Å². The van der Waals surface area contributed by atoms with Crippen LogP contribution in [0.3, 0.4) is 0 Å². The van der Waals surface area contributed by atoms with Gasteiger partial charge in [-0.25, -0.2) is 0 Å². The van der Waals surface area contributed by atoms with Crippen LogP contribution >= 0.6 is 0 Å². The number of hydrogen-bond donors (Lipinski definition) is 1. The Morgan fingerprint density at radius 1 is 1.09 bits per heavy atom. The Morgan fingerprint density at radius 3 is 2.44 bits per heavy atom. The van der Waals surface area contributed by atoms with Crippen LogP contribution in [0, 0.1) is 40.4 Å². The molecular formula is C28H44N2O2. The lowest BCUT2D eigenvalue weighted by molar-refractivity contribution is -0.141. The zero-order chi connectivity index (χ0) is 23.4. The predicted octanol–water partition coefficient (Wildman–Crippen LogP) is 5.35. The molecule has 4 aliphatic rings. The van der Waals surface area contributed by atoms with Gasteiger partial charge in [0.15, 0.2) is 5.78 Å². The molecule has 0 spiro atoms. The van der Waals surface area contributed by atoms with E-state index < -0.39 is 0 Å². The third-order valence-electron chi connectivity index (χ3n) is 10.3. The summed E-state index contributed by atoms with van der Waals surface area (Å²) in [5, 5.41) is 2.89. The summed E-state index contributed by atoms with van der Waals surface area (Å²) in [6, 6.07) is 0.625. The fourth-order valence-corrected chi connectivity index (χ4v) is 8.53. The molecule has 0 heterocycles. The lowest BCUT2D eigenvalue weighted by atomic mass is 9.45. The minimum atomic E-state index is -0.178. The van der Waals surface area contributed by atoms with Gasteiger partial charge in [0.25, 0.3) is 0 Å². The zero-order valence-corrected chi connectivity index (χ0v) is 21.3. The second-order valence-corrected chi connectivity index (χ2v) is 12.3. The maximum absolute atomic E-state index is 13.5. The first-order valence-electron chi connectivity index (χ1n) is 12.9. The van der Waals surface area contributed by atoms with Crippen LogP contribution in [0.15, 0.2) is 23.4 Å². The van der Waals surface area contributed by atoms with E-state index in [2.05, 4.69) is 45.1 Å². The van der Waals surface area contributed by atoms with Crippen molar-refractivity contribution in [3.63, 3.8) is 0 Å². The Bertz CT molecular complexity index is 838. The molecule has 0 aliphatic heterocycles. The van der Waals surface area contributed by atoms with E-state index in [0.717, 1.165) is 36.2 Å². The summed E-state index contributed by atoms with van der Waals surface area (Å²) in [5.74, 6) is 3.00. The fraction of sp³-hybridized carbons (Fsp3) is 0.786. The number of nitrogens with zero attached hydrogens (tertiary/aromatic N) is 1. The Balaban J connectivity index is 1.55. The molecule has 0 bridgehead atoms. The van der Waals surface area contributed by atoms with Crippen molar-refractivity contribution in [1.82, 2.24) is 10.2 Å². The summed E-state index contributed by atoms with van der Waals surface area (Å²) < 4.78 is 0. The average molecular weight is 441 g/mol. The van der Waals surface area contributed by atoms with Gasteiger partial charge in [0, 0.05) is 18.0 Å². The second kappa shape index (κ2) is 8.42. The van der Waals surface area contributed by atoms with Gasteiger partial charge in [-0.05, 0) is 114 Å². The normalized spacial score (nSPS) is 41.8. The number of Topliss-reactive ketones (excluding diaryl/α,β-unsaturated/α-hetero) is 1. The monoisotopic (exact) mass is 440 g/mol. The van der Waals surface area contributed by atoms with E-state index in [0.29, 0.717) is 23.1 Å². The van der Waals surface area contributed by atoms with Crippen LogP contribution in [0.5, 0.6) is 0 Å². The largest absolute Gasteiger partial charge is 0.320 e. The molecule has 8 atom stereocenters. The van der Waals surface area contributed by atoms with Gasteiger partial charge in [-0.2, -0.15) is 0 Å². The molecule has 1 N–H and O–H groups in total. The molecule has 0 saturated heterocycles. The Morgan fingerprint density at radius 2 is 1.78 bits per heavy atom. The fourth-order valence-electron chi connectivity index (χ4n) is 8.53. The minimum Gasteiger partial charge on any atom is -0.320 e. The van der Waals surface area contributed by atoms with E-state index in [1.54, 1.807) is 6.08 Å². The Kier molecular flexibility index (Phi) is 6.24. The average Bonchev–Trinajstić information content (AvgIpc) is 3.06. The van der Waals surface area contributed by atoms with Gasteiger partial charge in [-0.15, -0.1) is 0 Å². The van der Waals surface area contributed by atoms with E-state index >= 15 is 0 Å². The van der Waals surface area contributed by atoms with Crippen molar-refractivity contribution in [2.24, 2.45) is 40.4 Å². The summed E-state index contributed by atoms with van der Waals surface area (Å²) in [4.78, 5) is 28.1. The number of amides is 1. The van der Waals surface area contributed by atoms with Gasteiger partial charge in [-0.3, -0.25) is 9.59 Å². The van der Waals surface area contributed by atoms with E-state index in [1.807, 2.05) is 19.9 Å². The smallest absolute Gasteiger partial charge is 0.248 e. The number of nitrogens with one attached hydrogen (secondary N) is 1. The van der Waals surface area contributed by atoms with Crippen LogP contribution in [-0.2, 0) is 9.59 Å². The van der Waals surface area contributed by atoms with Crippen LogP contribution in [0.25, 0.3) is 0 Å². The first kappa shape index (κ1) is 23.7. The van der Waals surface area contributed by atoms with Gasteiger partial charge < -0.3 is 10.2 Å². The molecule has 3 fully saturated rings. The SMILES string of the molecule is CC(C)=CC(=O)NC1=CC[C@@]2(C)C(CC[C@H]3[C@@H]4CC[C@H]([C@H](C)N(C)C)[C@@]4(C)CC[C@@H]32)C1=O. The molecule has 4 heteroatoms. The highest BCUT2D eigenvalue weighted by atomic mass is 16.2. The van der Waals surface area contributed by atoms with Crippen LogP contribution in [0.4, 0.5) is 0 Å². The van der Waals surface area contributed by atoms with E-state index in [4.69, 9.17) is 0 Å². The number of fused-ring (bicyclic) bond motifs is 5. The maximum Gasteiger partial charge on any atom is 0.248 e. The number of rotatable bonds is 4. The van der Waals surface area contributed by atoms with E-state index in [1.165, 1.54) is 32.1 Å². The predicted molar refractivity (Wildman–Crippen MR) is 130 cm³/mol. The van der Waals surface area contributed by atoms with Crippen molar-refractivity contribution in [2.45, 2.75) is 85.6 Å². The molecule has 0 aromatic heterocycles. The number of carbonyl (C=O) groups is 2. The van der Waals surface area contributed by atoms with Crippen molar-refractivity contribution >= 4 is 11.7 Å². The van der Waals surface area contributed by atoms with Gasteiger partial charge >= 0.3 is 0 Å². The summed E-state index contributed by atoms with van der Waals surface area (Å²) in [6.45, 7) is 11.2. The quantitative estimate of drug-likeness (QED) is 0.600. The molecule has 3 saturated carbocycles. The third-order valence-corrected chi connectivity index (χ3v) is 10.3. The van der Waals surface area contributed by atoms with Gasteiger partial charge in [0.2, 0.25) is 5.91 Å². The molecule has 4 aliphatic carbocycles. The van der Waals surface area contributed by atoms with Crippen molar-refractivity contribution in [3.8, 4) is 0 Å². The Hall–Kier alpha value is -1.42. The van der Waals surface area contributed by atoms with Gasteiger partial charge in [-0.1, -0.05) is 25.5 Å². The van der Waals surface area contributed by atoms with Crippen molar-refractivity contribution in [2.75, 3.05) is 14.1 Å². The van der Waals surface area contributed by atoms with E-state index in [9.17, 15) is 9.59 Å². The molecule has 1 unspecified atom stereocenters. The molecule has 4 rings (SSSR count). The molecule has 32 heavy (non-hydrogen) atoms. The van der Waals surface area contributed by atoms with Crippen molar-refractivity contribution in [3.05, 3.63) is 23.4 Å². The Labute approximate surface area is 195 Å². The number of ketones is 1. The number of allylic oxidation sites excluding steroid dienone is 3. The highest BCUT2D eigenvalue weighted by molar-refractivity contribution is 6.03. The summed E-state index contributed by atoms with van der Waals surface area (Å²) in [6.07, 6.45) is 11.9. The maximum atomic E-state index is 13.5. The summed E-state index contributed by atoms with van der Waals surface area (Å²) in [7, 11) is 4.46. The van der Waals surface area contributed by atoms with E-state index in [-0.39, 0.29) is 23.0 Å². The number of hydrogen-bond acceptors (Lipinski definition) is 3. The summed E-state index contributed by atoms with van der Waals surface area (Å²) in [5.41, 5.74) is 1.96. The molecular weight excluding hydrogens is 396 g/mol. The highest BCUT2D eigenvalue weighted by Gasteiger charge is 2.61. The second-order valence-electron chi connectivity index (χ2n) is 12.3. The molecule has 0 aromatic rings. The van der Waals surface area contributed by atoms with Crippen molar-refractivity contribution in [1.29, 1.82) is 0 Å². The molecule has 4 nitrogen and oxygen atoms in total. The lowest BCUT2D eigenvalue weighted by Gasteiger charge is -2.60. The lowest BCUT2D eigenvalue weighted by Crippen LogP contribution is -2.56. The molecule has 0 aromatic carbocycles. The first-order chi connectivity index (χ1) is 15.0. The molecule has 178 valence electrons. The van der Waals surface area contributed by atoms with Gasteiger partial charge in [0.1, 0.15) is 0 Å². The first-order valence-corrected chi connectivity index (χ1v) is 12.9. The van der Waals surface area contributed by atoms with Crippen LogP contribution in [0.1, 0.15) is 79.6 Å². The minimum absolute atomic E-state index is 0.0390. The van der Waals surface area contributed by atoms with Gasteiger partial charge in [0.05, 0.1) is 5.70 Å².